The molecule has 1 aromatic heterocycles. The smallest absolute Gasteiger partial charge is 0.416 e. The van der Waals surface area contributed by atoms with Crippen molar-refractivity contribution in [2.75, 3.05) is 11.8 Å². The Bertz CT molecular complexity index is 1520. The molecule has 4 rings (SSSR count). The van der Waals surface area contributed by atoms with E-state index in [0.29, 0.717) is 23.4 Å². The van der Waals surface area contributed by atoms with Gasteiger partial charge in [0.05, 0.1) is 43.6 Å². The van der Waals surface area contributed by atoms with Crippen LogP contribution in [0.5, 0.6) is 16.7 Å². The number of sulfonamides is 1. The summed E-state index contributed by atoms with van der Waals surface area (Å²) in [6.45, 7) is 0. The number of ether oxygens (including phenoxy) is 2. The molecule has 184 valence electrons. The van der Waals surface area contributed by atoms with E-state index < -0.39 is 31.7 Å². The van der Waals surface area contributed by atoms with Gasteiger partial charge in [0.1, 0.15) is 10.6 Å². The molecule has 0 saturated carbocycles. The number of nitrogens with zero attached hydrogens (tertiary/aromatic N) is 1. The molecule has 0 bridgehead atoms. The SMILES string of the molecule is COc1ccc2nc(Oc3c(Cl)cc(NS(=O)(=O)c4ccc(C(F)(F)F)cc4Cl)cc3Cl)sc2c1. The van der Waals surface area contributed by atoms with Crippen LogP contribution in [0.2, 0.25) is 15.1 Å². The molecule has 3 aromatic carbocycles. The van der Waals surface area contributed by atoms with Gasteiger partial charge in [-0.15, -0.1) is 0 Å². The van der Waals surface area contributed by atoms with Crippen molar-refractivity contribution in [3.8, 4) is 16.7 Å². The van der Waals surface area contributed by atoms with Gasteiger partial charge >= 0.3 is 6.18 Å². The summed E-state index contributed by atoms with van der Waals surface area (Å²) in [6.07, 6.45) is -4.68. The molecule has 0 aliphatic carbocycles. The molecule has 0 amide bonds. The van der Waals surface area contributed by atoms with Crippen LogP contribution in [-0.2, 0) is 16.2 Å². The van der Waals surface area contributed by atoms with E-state index in [1.165, 1.54) is 23.5 Å². The zero-order valence-corrected chi connectivity index (χ0v) is 21.2. The highest BCUT2D eigenvalue weighted by Gasteiger charge is 2.32. The highest BCUT2D eigenvalue weighted by atomic mass is 35.5. The molecule has 0 atom stereocenters. The first kappa shape index (κ1) is 25.6. The van der Waals surface area contributed by atoms with Gasteiger partial charge < -0.3 is 9.47 Å². The maximum Gasteiger partial charge on any atom is 0.416 e. The van der Waals surface area contributed by atoms with E-state index in [9.17, 15) is 21.6 Å². The van der Waals surface area contributed by atoms with Crippen molar-refractivity contribution in [2.24, 2.45) is 0 Å². The minimum absolute atomic E-state index is 0.0365. The van der Waals surface area contributed by atoms with Crippen molar-refractivity contribution in [2.45, 2.75) is 11.1 Å². The van der Waals surface area contributed by atoms with E-state index in [0.717, 1.165) is 10.8 Å². The lowest BCUT2D eigenvalue weighted by Gasteiger charge is -2.14. The van der Waals surface area contributed by atoms with Crippen LogP contribution in [0.4, 0.5) is 18.9 Å². The van der Waals surface area contributed by atoms with Crippen LogP contribution >= 0.6 is 46.1 Å². The monoisotopic (exact) mass is 582 g/mol. The molecule has 6 nitrogen and oxygen atoms in total. The van der Waals surface area contributed by atoms with Gasteiger partial charge in [0.25, 0.3) is 15.2 Å². The number of hydrogen-bond donors (Lipinski definition) is 1. The van der Waals surface area contributed by atoms with Gasteiger partial charge in [0.2, 0.25) is 0 Å². The molecular weight excluding hydrogens is 572 g/mol. The lowest BCUT2D eigenvalue weighted by atomic mass is 10.2. The van der Waals surface area contributed by atoms with Crippen molar-refractivity contribution >= 4 is 72.1 Å². The minimum atomic E-state index is -4.68. The Kier molecular flexibility index (Phi) is 7.00. The fourth-order valence-corrected chi connectivity index (χ4v) is 5.96. The van der Waals surface area contributed by atoms with Gasteiger partial charge in [-0.25, -0.2) is 13.4 Å². The van der Waals surface area contributed by atoms with E-state index in [4.69, 9.17) is 44.3 Å². The average Bonchev–Trinajstić information content (AvgIpc) is 3.16. The van der Waals surface area contributed by atoms with Crippen LogP contribution in [0.3, 0.4) is 0 Å². The first-order chi connectivity index (χ1) is 16.4. The molecule has 0 saturated heterocycles. The van der Waals surface area contributed by atoms with Gasteiger partial charge in [0, 0.05) is 0 Å². The van der Waals surface area contributed by atoms with Crippen LogP contribution in [-0.4, -0.2) is 20.5 Å². The van der Waals surface area contributed by atoms with Crippen molar-refractivity contribution in [3.63, 3.8) is 0 Å². The number of benzene rings is 3. The Hall–Kier alpha value is -2.44. The lowest BCUT2D eigenvalue weighted by Crippen LogP contribution is -2.14. The third-order valence-corrected chi connectivity index (χ3v) is 7.89. The molecule has 1 N–H and O–H groups in total. The van der Waals surface area contributed by atoms with E-state index in [-0.39, 0.29) is 26.7 Å². The van der Waals surface area contributed by atoms with Gasteiger partial charge in [-0.1, -0.05) is 46.1 Å². The molecule has 0 fully saturated rings. The summed E-state index contributed by atoms with van der Waals surface area (Å²) < 4.78 is 77.9. The van der Waals surface area contributed by atoms with Crippen molar-refractivity contribution in [3.05, 3.63) is 69.2 Å². The fourth-order valence-electron chi connectivity index (χ4n) is 2.96. The van der Waals surface area contributed by atoms with Crippen LogP contribution < -0.4 is 14.2 Å². The normalized spacial score (nSPS) is 12.1. The summed E-state index contributed by atoms with van der Waals surface area (Å²) in [6, 6.07) is 9.65. The number of nitrogens with one attached hydrogen (secondary N) is 1. The summed E-state index contributed by atoms with van der Waals surface area (Å²) in [5.74, 6) is 0.684. The highest BCUT2D eigenvalue weighted by Crippen LogP contribution is 2.42. The number of methoxy groups -OCH3 is 1. The third kappa shape index (κ3) is 5.54. The number of halogens is 6. The van der Waals surface area contributed by atoms with Gasteiger partial charge in [-0.2, -0.15) is 13.2 Å². The van der Waals surface area contributed by atoms with Crippen molar-refractivity contribution in [1.29, 1.82) is 0 Å². The summed E-state index contributed by atoms with van der Waals surface area (Å²) >= 11 is 19.6. The standard InChI is InChI=1S/C21H12Cl3F3N2O4S2/c1-32-12-3-4-16-17(9-12)34-20(28-16)33-19-14(23)7-11(8-15(19)24)29-35(30,31)18-5-2-10(6-13(18)22)21(25,26)27/h2-9,29H,1H3. The molecule has 0 aliphatic heterocycles. The molecule has 35 heavy (non-hydrogen) atoms. The largest absolute Gasteiger partial charge is 0.497 e. The molecule has 0 unspecified atom stereocenters. The summed E-state index contributed by atoms with van der Waals surface area (Å²) in [4.78, 5) is 3.79. The lowest BCUT2D eigenvalue weighted by molar-refractivity contribution is -0.137. The summed E-state index contributed by atoms with van der Waals surface area (Å²) in [5, 5.41) is -0.435. The second-order valence-electron chi connectivity index (χ2n) is 6.93. The van der Waals surface area contributed by atoms with Gasteiger partial charge in [-0.05, 0) is 48.5 Å². The second kappa shape index (κ2) is 9.55. The average molecular weight is 584 g/mol. The predicted octanol–water partition coefficient (Wildman–Crippen LogP) is 7.88. The number of alkyl halides is 3. The number of rotatable bonds is 6. The molecule has 4 aromatic rings. The van der Waals surface area contributed by atoms with Crippen LogP contribution in [0, 0.1) is 0 Å². The van der Waals surface area contributed by atoms with Crippen LogP contribution in [0.15, 0.2) is 53.4 Å². The molecular formula is C21H12Cl3F3N2O4S2. The van der Waals surface area contributed by atoms with Gasteiger partial charge in [0.15, 0.2) is 5.75 Å². The van der Waals surface area contributed by atoms with E-state index in [2.05, 4.69) is 9.71 Å². The van der Waals surface area contributed by atoms with Crippen LogP contribution in [0.25, 0.3) is 10.2 Å². The topological polar surface area (TPSA) is 77.5 Å². The maximum atomic E-state index is 12.8. The highest BCUT2D eigenvalue weighted by molar-refractivity contribution is 7.92. The minimum Gasteiger partial charge on any atom is -0.497 e. The Balaban J connectivity index is 1.59. The third-order valence-electron chi connectivity index (χ3n) is 4.56. The fraction of sp³-hybridized carbons (Fsp3) is 0.0952. The molecule has 1 heterocycles. The number of hydrogen-bond acceptors (Lipinski definition) is 6. The molecule has 0 aliphatic rings. The first-order valence-electron chi connectivity index (χ1n) is 9.38. The Morgan fingerprint density at radius 2 is 1.66 bits per heavy atom. The number of aromatic nitrogens is 1. The van der Waals surface area contributed by atoms with Crippen molar-refractivity contribution in [1.82, 2.24) is 4.98 Å². The predicted molar refractivity (Wildman–Crippen MR) is 130 cm³/mol. The quantitative estimate of drug-likeness (QED) is 0.250. The zero-order valence-electron chi connectivity index (χ0n) is 17.3. The van der Waals surface area contributed by atoms with Gasteiger partial charge in [-0.3, -0.25) is 4.72 Å². The molecule has 0 spiro atoms. The Morgan fingerprint density at radius 3 is 2.26 bits per heavy atom. The maximum absolute atomic E-state index is 12.8. The number of fused-ring (bicyclic) bond motifs is 1. The van der Waals surface area contributed by atoms with Crippen LogP contribution in [0.1, 0.15) is 5.56 Å². The van der Waals surface area contributed by atoms with E-state index in [1.54, 1.807) is 25.3 Å². The van der Waals surface area contributed by atoms with E-state index in [1.807, 2.05) is 0 Å². The summed E-state index contributed by atoms with van der Waals surface area (Å²) in [5.41, 5.74) is -0.476. The number of thiazole rings is 1. The van der Waals surface area contributed by atoms with E-state index >= 15 is 0 Å². The summed E-state index contributed by atoms with van der Waals surface area (Å²) in [7, 11) is -2.82. The zero-order chi connectivity index (χ0) is 25.5. The Morgan fingerprint density at radius 1 is 0.971 bits per heavy atom. The molecule has 14 heteroatoms. The molecule has 0 radical (unpaired) electrons. The second-order valence-corrected chi connectivity index (χ2v) is 10.8. The number of anilines is 1. The Labute approximate surface area is 216 Å². The van der Waals surface area contributed by atoms with Crippen molar-refractivity contribution < 1.29 is 31.1 Å². The first-order valence-corrected chi connectivity index (χ1v) is 12.8.